The molecule has 106 valence electrons. The third kappa shape index (κ3) is 3.48. The van der Waals surface area contributed by atoms with Gasteiger partial charge in [0.1, 0.15) is 17.4 Å². The van der Waals surface area contributed by atoms with E-state index < -0.39 is 18.5 Å². The van der Waals surface area contributed by atoms with Crippen LogP contribution in [0.15, 0.2) is 41.0 Å². The number of amides is 1. The molecule has 0 radical (unpaired) electrons. The van der Waals surface area contributed by atoms with Crippen molar-refractivity contribution >= 4 is 17.6 Å². The second-order valence-corrected chi connectivity index (χ2v) is 4.17. The Morgan fingerprint density at radius 1 is 1.33 bits per heavy atom. The van der Waals surface area contributed by atoms with Crippen molar-refractivity contribution in [1.29, 1.82) is 5.26 Å². The molecule has 2 aromatic rings. The van der Waals surface area contributed by atoms with Crippen molar-refractivity contribution in [3.63, 3.8) is 0 Å². The number of hydrogen-bond donors (Lipinski definition) is 1. The van der Waals surface area contributed by atoms with Crippen molar-refractivity contribution in [3.8, 4) is 6.07 Å². The molecule has 0 aliphatic heterocycles. The molecule has 1 aromatic carbocycles. The summed E-state index contributed by atoms with van der Waals surface area (Å²) >= 11 is 0. The van der Waals surface area contributed by atoms with Crippen LogP contribution in [0.3, 0.4) is 0 Å². The number of carbonyl (C=O) groups is 2. The van der Waals surface area contributed by atoms with E-state index in [0.29, 0.717) is 17.0 Å². The van der Waals surface area contributed by atoms with Gasteiger partial charge in [-0.2, -0.15) is 5.26 Å². The van der Waals surface area contributed by atoms with Crippen LogP contribution in [0.5, 0.6) is 0 Å². The van der Waals surface area contributed by atoms with E-state index in [9.17, 15) is 9.59 Å². The van der Waals surface area contributed by atoms with E-state index >= 15 is 0 Å². The first-order valence-electron chi connectivity index (χ1n) is 6.12. The van der Waals surface area contributed by atoms with Crippen LogP contribution in [0.1, 0.15) is 21.7 Å². The van der Waals surface area contributed by atoms with E-state index in [4.69, 9.17) is 14.4 Å². The van der Waals surface area contributed by atoms with Gasteiger partial charge in [0, 0.05) is 0 Å². The number of hydrogen-bond acceptors (Lipinski definition) is 5. The second kappa shape index (κ2) is 6.39. The van der Waals surface area contributed by atoms with Crippen LogP contribution in [-0.2, 0) is 9.53 Å². The molecule has 1 amide bonds. The maximum Gasteiger partial charge on any atom is 0.342 e. The zero-order valence-corrected chi connectivity index (χ0v) is 11.3. The summed E-state index contributed by atoms with van der Waals surface area (Å²) in [5.41, 5.74) is 0.989. The number of carbonyl (C=O) groups excluding carboxylic acids is 2. The second-order valence-electron chi connectivity index (χ2n) is 4.17. The van der Waals surface area contributed by atoms with Gasteiger partial charge in [0.2, 0.25) is 0 Å². The molecule has 21 heavy (non-hydrogen) atoms. The zero-order chi connectivity index (χ0) is 15.2. The fraction of sp³-hybridized carbons (Fsp3) is 0.133. The maximum absolute atomic E-state index is 11.7. The lowest BCUT2D eigenvalue weighted by molar-refractivity contribution is -0.119. The van der Waals surface area contributed by atoms with Gasteiger partial charge in [-0.05, 0) is 25.1 Å². The van der Waals surface area contributed by atoms with E-state index in [0.717, 1.165) is 0 Å². The predicted octanol–water partition coefficient (Wildman–Crippen LogP) is 2.26. The van der Waals surface area contributed by atoms with Crippen molar-refractivity contribution in [1.82, 2.24) is 0 Å². The molecule has 0 saturated carbocycles. The number of benzene rings is 1. The molecule has 0 aliphatic rings. The number of furan rings is 1. The monoisotopic (exact) mass is 284 g/mol. The fourth-order valence-electron chi connectivity index (χ4n) is 1.68. The Balaban J connectivity index is 1.93. The number of nitrogens with zero attached hydrogens (tertiary/aromatic N) is 1. The summed E-state index contributed by atoms with van der Waals surface area (Å²) in [5, 5.41) is 11.4. The van der Waals surface area contributed by atoms with Crippen LogP contribution in [0, 0.1) is 18.3 Å². The molecule has 1 N–H and O–H groups in total. The number of esters is 1. The highest BCUT2D eigenvalue weighted by Gasteiger charge is 2.15. The molecular weight excluding hydrogens is 272 g/mol. The highest BCUT2D eigenvalue weighted by Crippen LogP contribution is 2.14. The minimum Gasteiger partial charge on any atom is -0.469 e. The van der Waals surface area contributed by atoms with Gasteiger partial charge in [0.25, 0.3) is 5.91 Å². The average Bonchev–Trinajstić information content (AvgIpc) is 2.91. The summed E-state index contributed by atoms with van der Waals surface area (Å²) in [6.07, 6.45) is 1.37. The quantitative estimate of drug-likeness (QED) is 0.869. The molecule has 0 aliphatic carbocycles. The van der Waals surface area contributed by atoms with Crippen LogP contribution in [0.2, 0.25) is 0 Å². The molecule has 0 bridgehead atoms. The fourth-order valence-corrected chi connectivity index (χ4v) is 1.68. The highest BCUT2D eigenvalue weighted by atomic mass is 16.5. The van der Waals surface area contributed by atoms with Crippen molar-refractivity contribution in [2.45, 2.75) is 6.92 Å². The van der Waals surface area contributed by atoms with Gasteiger partial charge in [0.15, 0.2) is 6.61 Å². The Hall–Kier alpha value is -3.07. The lowest BCUT2D eigenvalue weighted by atomic mass is 10.2. The van der Waals surface area contributed by atoms with Gasteiger partial charge in [-0.15, -0.1) is 0 Å². The SMILES string of the molecule is Cc1occc1C(=O)OCC(=O)Nc1ccccc1C#N. The van der Waals surface area contributed by atoms with Gasteiger partial charge in [-0.1, -0.05) is 12.1 Å². The molecular formula is C15H12N2O4. The van der Waals surface area contributed by atoms with Crippen molar-refractivity contribution in [2.24, 2.45) is 0 Å². The van der Waals surface area contributed by atoms with Crippen LogP contribution >= 0.6 is 0 Å². The number of nitriles is 1. The molecule has 1 heterocycles. The van der Waals surface area contributed by atoms with E-state index in [1.165, 1.54) is 12.3 Å². The predicted molar refractivity (Wildman–Crippen MR) is 73.5 cm³/mol. The van der Waals surface area contributed by atoms with Crippen LogP contribution < -0.4 is 5.32 Å². The number of rotatable bonds is 4. The normalized spacial score (nSPS) is 9.71. The van der Waals surface area contributed by atoms with Crippen molar-refractivity contribution in [3.05, 3.63) is 53.5 Å². The Labute approximate surface area is 120 Å². The molecule has 6 nitrogen and oxygen atoms in total. The minimum absolute atomic E-state index is 0.278. The van der Waals surface area contributed by atoms with E-state index in [-0.39, 0.29) is 5.56 Å². The number of para-hydroxylation sites is 1. The number of anilines is 1. The summed E-state index contributed by atoms with van der Waals surface area (Å²) < 4.78 is 9.86. The number of nitrogens with one attached hydrogen (secondary N) is 1. The Morgan fingerprint density at radius 3 is 2.76 bits per heavy atom. The third-order valence-corrected chi connectivity index (χ3v) is 2.73. The van der Waals surface area contributed by atoms with Gasteiger partial charge in [-0.3, -0.25) is 4.79 Å². The largest absolute Gasteiger partial charge is 0.469 e. The summed E-state index contributed by atoms with van der Waals surface area (Å²) in [5.74, 6) is -0.729. The Morgan fingerprint density at radius 2 is 2.10 bits per heavy atom. The van der Waals surface area contributed by atoms with Crippen LogP contribution in [0.25, 0.3) is 0 Å². The smallest absolute Gasteiger partial charge is 0.342 e. The van der Waals surface area contributed by atoms with Crippen LogP contribution in [-0.4, -0.2) is 18.5 Å². The summed E-state index contributed by atoms with van der Waals surface area (Å²) in [4.78, 5) is 23.4. The first kappa shape index (κ1) is 14.3. The third-order valence-electron chi connectivity index (χ3n) is 2.73. The van der Waals surface area contributed by atoms with E-state index in [2.05, 4.69) is 5.32 Å². The Bertz CT molecular complexity index is 712. The average molecular weight is 284 g/mol. The van der Waals surface area contributed by atoms with Crippen molar-refractivity contribution in [2.75, 3.05) is 11.9 Å². The van der Waals surface area contributed by atoms with Gasteiger partial charge in [-0.25, -0.2) is 4.79 Å². The van der Waals surface area contributed by atoms with E-state index in [1.807, 2.05) is 6.07 Å². The van der Waals surface area contributed by atoms with Gasteiger partial charge in [0.05, 0.1) is 17.5 Å². The maximum atomic E-state index is 11.7. The van der Waals surface area contributed by atoms with Crippen LogP contribution in [0.4, 0.5) is 5.69 Å². The molecule has 6 heteroatoms. The summed E-state index contributed by atoms with van der Waals surface area (Å²) in [7, 11) is 0. The molecule has 1 aromatic heterocycles. The number of aryl methyl sites for hydroxylation is 1. The van der Waals surface area contributed by atoms with Gasteiger partial charge < -0.3 is 14.5 Å². The minimum atomic E-state index is -0.634. The lowest BCUT2D eigenvalue weighted by Gasteiger charge is -2.07. The van der Waals surface area contributed by atoms with Crippen molar-refractivity contribution < 1.29 is 18.7 Å². The van der Waals surface area contributed by atoms with Gasteiger partial charge >= 0.3 is 5.97 Å². The molecule has 2 rings (SSSR count). The first-order chi connectivity index (χ1) is 10.1. The molecule has 0 spiro atoms. The number of ether oxygens (including phenoxy) is 1. The lowest BCUT2D eigenvalue weighted by Crippen LogP contribution is -2.21. The molecule has 0 atom stereocenters. The molecule has 0 saturated heterocycles. The first-order valence-corrected chi connectivity index (χ1v) is 6.12. The zero-order valence-electron chi connectivity index (χ0n) is 11.3. The Kier molecular flexibility index (Phi) is 4.36. The van der Waals surface area contributed by atoms with E-state index in [1.54, 1.807) is 31.2 Å². The topological polar surface area (TPSA) is 92.3 Å². The highest BCUT2D eigenvalue weighted by molar-refractivity contribution is 5.96. The summed E-state index contributed by atoms with van der Waals surface area (Å²) in [6.45, 7) is 1.18. The molecule has 0 fully saturated rings. The summed E-state index contributed by atoms with van der Waals surface area (Å²) in [6, 6.07) is 9.99. The standard InChI is InChI=1S/C15H12N2O4/c1-10-12(6-7-20-10)15(19)21-9-14(18)17-13-5-3-2-4-11(13)8-16/h2-7H,9H2,1H3,(H,17,18). The molecule has 0 unspecified atom stereocenters.